The molecule has 1 amide bonds. The Morgan fingerprint density at radius 2 is 2.07 bits per heavy atom. The largest absolute Gasteiger partial charge is 0.381 e. The number of hydrogen-bond acceptors (Lipinski definition) is 5. The van der Waals surface area contributed by atoms with Gasteiger partial charge in [0.25, 0.3) is 5.69 Å². The zero-order chi connectivity index (χ0) is 20.6. The van der Waals surface area contributed by atoms with Crippen molar-refractivity contribution in [1.29, 1.82) is 0 Å². The molecule has 0 bridgehead atoms. The van der Waals surface area contributed by atoms with Gasteiger partial charge >= 0.3 is 0 Å². The van der Waals surface area contributed by atoms with E-state index in [0.717, 1.165) is 49.5 Å². The zero-order valence-electron chi connectivity index (χ0n) is 15.7. The van der Waals surface area contributed by atoms with Crippen molar-refractivity contribution < 1.29 is 18.8 Å². The number of halogens is 1. The Bertz CT molecular complexity index is 913. The van der Waals surface area contributed by atoms with Crippen LogP contribution >= 0.6 is 11.8 Å². The van der Waals surface area contributed by atoms with Crippen molar-refractivity contribution in [1.82, 2.24) is 0 Å². The number of nitrogens with zero attached hydrogens (tertiary/aromatic N) is 1. The summed E-state index contributed by atoms with van der Waals surface area (Å²) in [5, 5.41) is 14.4. The van der Waals surface area contributed by atoms with Crippen molar-refractivity contribution >= 4 is 35.1 Å². The molecule has 0 spiro atoms. The number of carbonyl (C=O) groups excluding carboxylic acids is 1. The van der Waals surface area contributed by atoms with Crippen molar-refractivity contribution in [2.75, 3.05) is 18.5 Å². The van der Waals surface area contributed by atoms with Gasteiger partial charge in [0.2, 0.25) is 5.91 Å². The second kappa shape index (κ2) is 10.2. The monoisotopic (exact) mass is 416 g/mol. The van der Waals surface area contributed by atoms with Crippen LogP contribution in [0.4, 0.5) is 15.8 Å². The topological polar surface area (TPSA) is 81.5 Å². The quantitative estimate of drug-likeness (QED) is 0.398. The van der Waals surface area contributed by atoms with E-state index in [0.29, 0.717) is 10.9 Å². The Labute approximate surface area is 172 Å². The molecule has 0 aliphatic carbocycles. The summed E-state index contributed by atoms with van der Waals surface area (Å²) in [6, 6.07) is 10.8. The third-order valence-electron chi connectivity index (χ3n) is 4.45. The van der Waals surface area contributed by atoms with Gasteiger partial charge in [-0.15, -0.1) is 0 Å². The summed E-state index contributed by atoms with van der Waals surface area (Å²) < 4.78 is 18.6. The summed E-state index contributed by atoms with van der Waals surface area (Å²) in [5.41, 5.74) is 1.53. The first kappa shape index (κ1) is 21.0. The summed E-state index contributed by atoms with van der Waals surface area (Å²) in [7, 11) is 0. The van der Waals surface area contributed by atoms with E-state index in [9.17, 15) is 19.3 Å². The third kappa shape index (κ3) is 6.40. The fourth-order valence-electron chi connectivity index (χ4n) is 2.96. The molecule has 1 N–H and O–H groups in total. The molecule has 0 unspecified atom stereocenters. The summed E-state index contributed by atoms with van der Waals surface area (Å²) in [6.07, 6.45) is 4.62. The van der Waals surface area contributed by atoms with Gasteiger partial charge in [-0.05, 0) is 48.7 Å². The maximum atomic E-state index is 13.2. The summed E-state index contributed by atoms with van der Waals surface area (Å²) in [6.45, 7) is 1.62. The molecule has 3 rings (SSSR count). The fraction of sp³-hybridized carbons (Fsp3) is 0.286. The molecule has 1 saturated heterocycles. The van der Waals surface area contributed by atoms with E-state index in [1.54, 1.807) is 6.07 Å². The first-order valence-electron chi connectivity index (χ1n) is 9.22. The van der Waals surface area contributed by atoms with Gasteiger partial charge < -0.3 is 10.1 Å². The highest BCUT2D eigenvalue weighted by atomic mass is 32.2. The molecular weight excluding hydrogens is 395 g/mol. The molecule has 29 heavy (non-hydrogen) atoms. The van der Waals surface area contributed by atoms with E-state index in [1.165, 1.54) is 18.2 Å². The molecule has 1 heterocycles. The number of anilines is 1. The van der Waals surface area contributed by atoms with Crippen LogP contribution in [0.2, 0.25) is 0 Å². The van der Waals surface area contributed by atoms with Gasteiger partial charge in [0, 0.05) is 36.0 Å². The Hall–Kier alpha value is -2.71. The Morgan fingerprint density at radius 1 is 1.28 bits per heavy atom. The molecule has 8 heteroatoms. The SMILES string of the molecule is O=C(/C=C/c1ccc(F)cc1[N+](=O)[O-])Nc1cccc(CSC2CCOCC2)c1. The number of carbonyl (C=O) groups is 1. The molecule has 0 atom stereocenters. The standard InChI is InChI=1S/C21H21FN2O4S/c22-17-6-4-16(20(13-17)24(26)27)5-7-21(25)23-18-3-1-2-15(12-18)14-29-19-8-10-28-11-9-19/h1-7,12-13,19H,8-11,14H2,(H,23,25)/b7-5+. The van der Waals surface area contributed by atoms with E-state index >= 15 is 0 Å². The number of thioether (sulfide) groups is 1. The predicted octanol–water partition coefficient (Wildman–Crippen LogP) is 4.80. The van der Waals surface area contributed by atoms with Crippen LogP contribution in [0.3, 0.4) is 0 Å². The molecule has 2 aromatic rings. The lowest BCUT2D eigenvalue weighted by molar-refractivity contribution is -0.385. The second-order valence-electron chi connectivity index (χ2n) is 6.61. The van der Waals surface area contributed by atoms with Gasteiger partial charge in [0.15, 0.2) is 0 Å². The fourth-order valence-corrected chi connectivity index (χ4v) is 4.09. The minimum absolute atomic E-state index is 0.160. The lowest BCUT2D eigenvalue weighted by Gasteiger charge is -2.21. The number of amides is 1. The highest BCUT2D eigenvalue weighted by Crippen LogP contribution is 2.26. The van der Waals surface area contributed by atoms with Crippen LogP contribution in [0.15, 0.2) is 48.5 Å². The molecule has 0 radical (unpaired) electrons. The first-order valence-corrected chi connectivity index (χ1v) is 10.3. The highest BCUT2D eigenvalue weighted by molar-refractivity contribution is 7.99. The van der Waals surface area contributed by atoms with Crippen LogP contribution < -0.4 is 5.32 Å². The minimum atomic E-state index is -0.700. The first-order chi connectivity index (χ1) is 14.0. The van der Waals surface area contributed by atoms with Gasteiger partial charge in [-0.3, -0.25) is 14.9 Å². The Kier molecular flexibility index (Phi) is 7.37. The number of ether oxygens (including phenoxy) is 1. The molecule has 6 nitrogen and oxygen atoms in total. The van der Waals surface area contributed by atoms with Crippen LogP contribution in [-0.2, 0) is 15.3 Å². The van der Waals surface area contributed by atoms with Crippen molar-refractivity contribution in [3.63, 3.8) is 0 Å². The van der Waals surface area contributed by atoms with E-state index in [-0.39, 0.29) is 11.3 Å². The van der Waals surface area contributed by atoms with Crippen molar-refractivity contribution in [2.24, 2.45) is 0 Å². The van der Waals surface area contributed by atoms with E-state index < -0.39 is 16.6 Å². The van der Waals surface area contributed by atoms with Crippen molar-refractivity contribution in [2.45, 2.75) is 23.8 Å². The molecule has 1 aliphatic heterocycles. The van der Waals surface area contributed by atoms with Gasteiger partial charge in [0.05, 0.1) is 16.6 Å². The molecular formula is C21H21FN2O4S. The average molecular weight is 416 g/mol. The Balaban J connectivity index is 1.59. The van der Waals surface area contributed by atoms with Crippen LogP contribution in [0.5, 0.6) is 0 Å². The number of rotatable bonds is 7. The van der Waals surface area contributed by atoms with Crippen LogP contribution in [-0.4, -0.2) is 29.3 Å². The highest BCUT2D eigenvalue weighted by Gasteiger charge is 2.14. The molecule has 152 valence electrons. The number of nitro groups is 1. The van der Waals surface area contributed by atoms with Crippen molar-refractivity contribution in [3.05, 3.63) is 75.6 Å². The summed E-state index contributed by atoms with van der Waals surface area (Å²) in [4.78, 5) is 22.5. The van der Waals surface area contributed by atoms with Gasteiger partial charge in [-0.2, -0.15) is 11.8 Å². The molecule has 0 saturated carbocycles. The molecule has 1 aliphatic rings. The maximum Gasteiger partial charge on any atom is 0.279 e. The van der Waals surface area contributed by atoms with Crippen molar-refractivity contribution in [3.8, 4) is 0 Å². The normalized spacial score (nSPS) is 14.8. The number of nitrogens with one attached hydrogen (secondary N) is 1. The minimum Gasteiger partial charge on any atom is -0.381 e. The molecule has 0 aromatic heterocycles. The number of nitro benzene ring substituents is 1. The third-order valence-corrected chi connectivity index (χ3v) is 5.89. The smallest absolute Gasteiger partial charge is 0.279 e. The lowest BCUT2D eigenvalue weighted by atomic mass is 10.1. The predicted molar refractivity (Wildman–Crippen MR) is 112 cm³/mol. The van der Waals surface area contributed by atoms with Crippen LogP contribution in [0, 0.1) is 15.9 Å². The average Bonchev–Trinajstić information content (AvgIpc) is 2.72. The van der Waals surface area contributed by atoms with Gasteiger partial charge in [-0.25, -0.2) is 4.39 Å². The van der Waals surface area contributed by atoms with E-state index in [2.05, 4.69) is 5.32 Å². The lowest BCUT2D eigenvalue weighted by Crippen LogP contribution is -2.17. The summed E-state index contributed by atoms with van der Waals surface area (Å²) >= 11 is 1.89. The number of benzene rings is 2. The number of hydrogen-bond donors (Lipinski definition) is 1. The zero-order valence-corrected chi connectivity index (χ0v) is 16.5. The Morgan fingerprint density at radius 3 is 2.83 bits per heavy atom. The summed E-state index contributed by atoms with van der Waals surface area (Å²) in [5.74, 6) is -0.266. The van der Waals surface area contributed by atoms with Gasteiger partial charge in [-0.1, -0.05) is 12.1 Å². The second-order valence-corrected chi connectivity index (χ2v) is 7.89. The van der Waals surface area contributed by atoms with Crippen LogP contribution in [0.25, 0.3) is 6.08 Å². The molecule has 2 aromatic carbocycles. The van der Waals surface area contributed by atoms with E-state index in [1.807, 2.05) is 30.0 Å². The maximum absolute atomic E-state index is 13.2. The molecule has 1 fully saturated rings. The van der Waals surface area contributed by atoms with Gasteiger partial charge in [0.1, 0.15) is 5.82 Å². The van der Waals surface area contributed by atoms with Crippen LogP contribution in [0.1, 0.15) is 24.0 Å². The van der Waals surface area contributed by atoms with E-state index in [4.69, 9.17) is 4.74 Å².